The number of hydrogen-bond acceptors (Lipinski definition) is 3. The molecule has 3 atom stereocenters. The molecule has 0 bridgehead atoms. The Bertz CT molecular complexity index is 374. The zero-order valence-corrected chi connectivity index (χ0v) is 12.3. The van der Waals surface area contributed by atoms with Crippen LogP contribution in [0.4, 0.5) is 0 Å². The van der Waals surface area contributed by atoms with E-state index in [1.165, 1.54) is 37.7 Å². The van der Waals surface area contributed by atoms with Gasteiger partial charge in [-0.2, -0.15) is 0 Å². The van der Waals surface area contributed by atoms with Crippen molar-refractivity contribution in [2.24, 2.45) is 11.7 Å². The van der Waals surface area contributed by atoms with Crippen molar-refractivity contribution in [3.63, 3.8) is 0 Å². The Labute approximate surface area is 117 Å². The number of hydrogen-bond donors (Lipinski definition) is 1. The molecule has 3 heteroatoms. The highest BCUT2D eigenvalue weighted by atomic mass is 14.9. The van der Waals surface area contributed by atoms with Crippen LogP contribution in [0.15, 0.2) is 12.4 Å². The molecular weight excluding hydrogens is 234 g/mol. The maximum Gasteiger partial charge on any atom is 0.131 e. The lowest BCUT2D eigenvalue weighted by Gasteiger charge is -2.27. The third-order valence-electron chi connectivity index (χ3n) is 4.47. The van der Waals surface area contributed by atoms with Crippen molar-refractivity contribution in [3.8, 4) is 0 Å². The smallest absolute Gasteiger partial charge is 0.131 e. The van der Waals surface area contributed by atoms with Crippen LogP contribution < -0.4 is 5.73 Å². The number of aromatic nitrogens is 2. The number of nitrogens with two attached hydrogens (primary N) is 1. The first-order valence-electron chi connectivity index (χ1n) is 7.79. The van der Waals surface area contributed by atoms with Gasteiger partial charge in [0.15, 0.2) is 0 Å². The minimum atomic E-state index is 0.230. The fourth-order valence-electron chi connectivity index (χ4n) is 3.02. The van der Waals surface area contributed by atoms with Gasteiger partial charge in [-0.15, -0.1) is 0 Å². The SMILES string of the molecule is CCC(N)Cc1cnc(C2CCCC(CC)C2)nc1. The summed E-state index contributed by atoms with van der Waals surface area (Å²) in [5.74, 6) is 2.50. The Kier molecular flexibility index (Phi) is 5.32. The van der Waals surface area contributed by atoms with Crippen molar-refractivity contribution in [2.75, 3.05) is 0 Å². The first-order valence-corrected chi connectivity index (χ1v) is 7.79. The van der Waals surface area contributed by atoms with Gasteiger partial charge in [0.05, 0.1) is 0 Å². The van der Waals surface area contributed by atoms with Gasteiger partial charge >= 0.3 is 0 Å². The molecule has 2 rings (SSSR count). The Hall–Kier alpha value is -0.960. The molecule has 1 aromatic heterocycles. The quantitative estimate of drug-likeness (QED) is 0.883. The zero-order chi connectivity index (χ0) is 13.7. The second kappa shape index (κ2) is 6.99. The molecule has 0 amide bonds. The fourth-order valence-corrected chi connectivity index (χ4v) is 3.02. The molecule has 0 aliphatic heterocycles. The Morgan fingerprint density at radius 3 is 2.63 bits per heavy atom. The van der Waals surface area contributed by atoms with Crippen molar-refractivity contribution in [1.82, 2.24) is 9.97 Å². The summed E-state index contributed by atoms with van der Waals surface area (Å²) in [5.41, 5.74) is 7.13. The molecule has 1 aliphatic rings. The van der Waals surface area contributed by atoms with Crippen LogP contribution in [-0.4, -0.2) is 16.0 Å². The van der Waals surface area contributed by atoms with E-state index in [2.05, 4.69) is 23.8 Å². The lowest BCUT2D eigenvalue weighted by Crippen LogP contribution is -2.22. The van der Waals surface area contributed by atoms with Gasteiger partial charge in [-0.3, -0.25) is 0 Å². The highest BCUT2D eigenvalue weighted by Crippen LogP contribution is 2.35. The Morgan fingerprint density at radius 2 is 2.00 bits per heavy atom. The van der Waals surface area contributed by atoms with E-state index in [-0.39, 0.29) is 6.04 Å². The fraction of sp³-hybridized carbons (Fsp3) is 0.750. The minimum absolute atomic E-state index is 0.230. The molecule has 0 radical (unpaired) electrons. The second-order valence-electron chi connectivity index (χ2n) is 5.96. The Morgan fingerprint density at radius 1 is 1.26 bits per heavy atom. The van der Waals surface area contributed by atoms with E-state index >= 15 is 0 Å². The molecule has 106 valence electrons. The molecule has 1 saturated carbocycles. The molecule has 0 saturated heterocycles. The van der Waals surface area contributed by atoms with Gasteiger partial charge < -0.3 is 5.73 Å². The summed E-state index contributed by atoms with van der Waals surface area (Å²) in [6, 6.07) is 0.230. The maximum atomic E-state index is 5.97. The van der Waals surface area contributed by atoms with E-state index in [0.29, 0.717) is 5.92 Å². The molecule has 2 N–H and O–H groups in total. The van der Waals surface area contributed by atoms with Crippen LogP contribution in [0.3, 0.4) is 0 Å². The van der Waals surface area contributed by atoms with Crippen LogP contribution in [0.1, 0.15) is 69.7 Å². The average molecular weight is 261 g/mol. The van der Waals surface area contributed by atoms with Gasteiger partial charge in [-0.1, -0.05) is 33.1 Å². The molecular formula is C16H27N3. The molecule has 3 nitrogen and oxygen atoms in total. The number of nitrogens with zero attached hydrogens (tertiary/aromatic N) is 2. The predicted octanol–water partition coefficient (Wildman–Crippen LogP) is 3.44. The van der Waals surface area contributed by atoms with Crippen molar-refractivity contribution < 1.29 is 0 Å². The molecule has 1 heterocycles. The van der Waals surface area contributed by atoms with E-state index < -0.39 is 0 Å². The monoisotopic (exact) mass is 261 g/mol. The van der Waals surface area contributed by atoms with Crippen molar-refractivity contribution in [1.29, 1.82) is 0 Å². The first-order chi connectivity index (χ1) is 9.22. The van der Waals surface area contributed by atoms with Gasteiger partial charge in [0.1, 0.15) is 5.82 Å². The van der Waals surface area contributed by atoms with Crippen LogP contribution >= 0.6 is 0 Å². The van der Waals surface area contributed by atoms with Crippen molar-refractivity contribution in [3.05, 3.63) is 23.8 Å². The summed E-state index contributed by atoms with van der Waals surface area (Å²) >= 11 is 0. The normalized spacial score (nSPS) is 25.2. The molecule has 1 fully saturated rings. The zero-order valence-electron chi connectivity index (χ0n) is 12.3. The predicted molar refractivity (Wildman–Crippen MR) is 79.0 cm³/mol. The lowest BCUT2D eigenvalue weighted by molar-refractivity contribution is 0.307. The molecule has 0 spiro atoms. The highest BCUT2D eigenvalue weighted by Gasteiger charge is 2.23. The van der Waals surface area contributed by atoms with Crippen molar-refractivity contribution in [2.45, 2.75) is 70.8 Å². The first kappa shape index (κ1) is 14.4. The maximum absolute atomic E-state index is 5.97. The van der Waals surface area contributed by atoms with E-state index in [1.54, 1.807) is 0 Å². The van der Waals surface area contributed by atoms with Crippen LogP contribution in [0.25, 0.3) is 0 Å². The minimum Gasteiger partial charge on any atom is -0.327 e. The van der Waals surface area contributed by atoms with Crippen LogP contribution in [-0.2, 0) is 6.42 Å². The molecule has 1 aromatic rings. The van der Waals surface area contributed by atoms with Gasteiger partial charge in [-0.05, 0) is 37.2 Å². The molecule has 0 aromatic carbocycles. The molecule has 1 aliphatic carbocycles. The summed E-state index contributed by atoms with van der Waals surface area (Å²) < 4.78 is 0. The molecule has 3 unspecified atom stereocenters. The topological polar surface area (TPSA) is 51.8 Å². The van der Waals surface area contributed by atoms with E-state index in [9.17, 15) is 0 Å². The van der Waals surface area contributed by atoms with E-state index in [1.807, 2.05) is 12.4 Å². The average Bonchev–Trinajstić information content (AvgIpc) is 2.48. The van der Waals surface area contributed by atoms with Gasteiger partial charge in [0.25, 0.3) is 0 Å². The standard InChI is InChI=1S/C16H27N3/c1-3-12-6-5-7-14(8-12)16-18-10-13(11-19-16)9-15(17)4-2/h10-12,14-15H,3-9,17H2,1-2H3. The summed E-state index contributed by atoms with van der Waals surface area (Å²) in [7, 11) is 0. The van der Waals surface area contributed by atoms with Crippen molar-refractivity contribution >= 4 is 0 Å². The van der Waals surface area contributed by atoms with E-state index in [0.717, 1.165) is 24.6 Å². The van der Waals surface area contributed by atoms with Gasteiger partial charge in [-0.25, -0.2) is 9.97 Å². The highest BCUT2D eigenvalue weighted by molar-refractivity contribution is 5.09. The Balaban J connectivity index is 1.97. The van der Waals surface area contributed by atoms with Gasteiger partial charge in [0, 0.05) is 24.4 Å². The summed E-state index contributed by atoms with van der Waals surface area (Å²) in [4.78, 5) is 9.18. The van der Waals surface area contributed by atoms with E-state index in [4.69, 9.17) is 5.73 Å². The summed E-state index contributed by atoms with van der Waals surface area (Å²) in [6.45, 7) is 4.41. The second-order valence-corrected chi connectivity index (χ2v) is 5.96. The van der Waals surface area contributed by atoms with Gasteiger partial charge in [0.2, 0.25) is 0 Å². The number of rotatable bonds is 5. The summed E-state index contributed by atoms with van der Waals surface area (Å²) in [6.07, 6.45) is 12.4. The lowest BCUT2D eigenvalue weighted by atomic mass is 9.80. The van der Waals surface area contributed by atoms with Crippen LogP contribution in [0.2, 0.25) is 0 Å². The summed E-state index contributed by atoms with van der Waals surface area (Å²) in [5, 5.41) is 0. The van der Waals surface area contributed by atoms with Crippen LogP contribution in [0, 0.1) is 5.92 Å². The third-order valence-corrected chi connectivity index (χ3v) is 4.47. The largest absolute Gasteiger partial charge is 0.327 e. The third kappa shape index (κ3) is 4.00. The molecule has 19 heavy (non-hydrogen) atoms. The van der Waals surface area contributed by atoms with Crippen LogP contribution in [0.5, 0.6) is 0 Å².